The predicted molar refractivity (Wildman–Crippen MR) is 94.5 cm³/mol. The lowest BCUT2D eigenvalue weighted by Crippen LogP contribution is -2.41. The second-order valence-corrected chi connectivity index (χ2v) is 6.33. The van der Waals surface area contributed by atoms with Crippen LogP contribution in [0.5, 0.6) is 0 Å². The Bertz CT molecular complexity index is 917. The minimum atomic E-state index is -0.421. The number of hydrogen-bond donors (Lipinski definition) is 2. The number of H-pyrrole nitrogens is 1. The lowest BCUT2D eigenvalue weighted by Gasteiger charge is -2.30. The molecule has 0 saturated carbocycles. The van der Waals surface area contributed by atoms with Gasteiger partial charge in [-0.15, -0.1) is 0 Å². The van der Waals surface area contributed by atoms with Gasteiger partial charge < -0.3 is 9.72 Å². The van der Waals surface area contributed by atoms with E-state index >= 15 is 0 Å². The second-order valence-electron chi connectivity index (χ2n) is 6.33. The predicted octanol–water partition coefficient (Wildman–Crippen LogP) is 3.53. The molecule has 5 heteroatoms. The summed E-state index contributed by atoms with van der Waals surface area (Å²) in [4.78, 5) is 15.1. The molecule has 3 aromatic rings. The zero-order chi connectivity index (χ0) is 17.4. The molecule has 1 aromatic heterocycles. The molecule has 1 aliphatic heterocycles. The summed E-state index contributed by atoms with van der Waals surface area (Å²) in [5.74, 6) is -0.365. The van der Waals surface area contributed by atoms with E-state index < -0.39 is 6.67 Å². The van der Waals surface area contributed by atoms with Crippen LogP contribution in [0, 0.1) is 0 Å². The van der Waals surface area contributed by atoms with Crippen LogP contribution in [-0.4, -0.2) is 30.8 Å². The van der Waals surface area contributed by atoms with E-state index in [-0.39, 0.29) is 18.1 Å². The van der Waals surface area contributed by atoms with E-state index in [1.165, 1.54) is 12.7 Å². The maximum absolute atomic E-state index is 13.5. The van der Waals surface area contributed by atoms with Crippen LogP contribution in [0.25, 0.3) is 10.9 Å². The van der Waals surface area contributed by atoms with E-state index in [9.17, 15) is 9.18 Å². The lowest BCUT2D eigenvalue weighted by molar-refractivity contribution is 0.0600. The standard InChI is InChI=1S/C20H19FN2O2/c1-25-20(24)13-8-6-12(7-9-13)18-19-16(10-14(11-21)22-18)15-4-2-3-5-17(15)23-19/h2-9,14,18,22-23H,10-11H2,1H3/t14-,18+/m1/s1. The number of aromatic nitrogens is 1. The Morgan fingerprint density at radius 1 is 1.20 bits per heavy atom. The quantitative estimate of drug-likeness (QED) is 0.719. The van der Waals surface area contributed by atoms with Crippen LogP contribution in [0.2, 0.25) is 0 Å². The van der Waals surface area contributed by atoms with Crippen molar-refractivity contribution in [2.24, 2.45) is 0 Å². The van der Waals surface area contributed by atoms with E-state index in [1.807, 2.05) is 30.3 Å². The highest BCUT2D eigenvalue weighted by atomic mass is 19.1. The van der Waals surface area contributed by atoms with Gasteiger partial charge in [-0.3, -0.25) is 5.32 Å². The first-order valence-electron chi connectivity index (χ1n) is 8.31. The summed E-state index contributed by atoms with van der Waals surface area (Å²) in [6, 6.07) is 15.0. The van der Waals surface area contributed by atoms with Gasteiger partial charge in [-0.1, -0.05) is 30.3 Å². The third-order valence-corrected chi connectivity index (χ3v) is 4.84. The van der Waals surface area contributed by atoms with Crippen LogP contribution < -0.4 is 5.32 Å². The highest BCUT2D eigenvalue weighted by Crippen LogP contribution is 2.35. The molecule has 25 heavy (non-hydrogen) atoms. The molecule has 4 nitrogen and oxygen atoms in total. The van der Waals surface area contributed by atoms with Crippen molar-refractivity contribution in [1.82, 2.24) is 10.3 Å². The van der Waals surface area contributed by atoms with Crippen molar-refractivity contribution in [2.75, 3.05) is 13.8 Å². The number of ether oxygens (including phenoxy) is 1. The van der Waals surface area contributed by atoms with Gasteiger partial charge in [0.2, 0.25) is 0 Å². The fourth-order valence-corrected chi connectivity index (χ4v) is 3.60. The van der Waals surface area contributed by atoms with Crippen molar-refractivity contribution < 1.29 is 13.9 Å². The molecule has 0 bridgehead atoms. The maximum atomic E-state index is 13.5. The number of nitrogens with one attached hydrogen (secondary N) is 2. The summed E-state index contributed by atoms with van der Waals surface area (Å²) < 4.78 is 18.2. The number of halogens is 1. The molecule has 4 rings (SSSR count). The highest BCUT2D eigenvalue weighted by molar-refractivity contribution is 5.89. The summed E-state index contributed by atoms with van der Waals surface area (Å²) in [6.07, 6.45) is 0.659. The molecule has 0 unspecified atom stereocenters. The van der Waals surface area contributed by atoms with E-state index in [2.05, 4.69) is 16.4 Å². The van der Waals surface area contributed by atoms with E-state index in [0.717, 1.165) is 22.2 Å². The average molecular weight is 338 g/mol. The third kappa shape index (κ3) is 2.70. The molecule has 0 saturated heterocycles. The third-order valence-electron chi connectivity index (χ3n) is 4.84. The van der Waals surface area contributed by atoms with Gasteiger partial charge in [0.25, 0.3) is 0 Å². The Labute approximate surface area is 145 Å². The van der Waals surface area contributed by atoms with Crippen LogP contribution >= 0.6 is 0 Å². The van der Waals surface area contributed by atoms with Gasteiger partial charge >= 0.3 is 5.97 Å². The summed E-state index contributed by atoms with van der Waals surface area (Å²) in [5, 5.41) is 4.52. The average Bonchev–Trinajstić information content (AvgIpc) is 3.05. The van der Waals surface area contributed by atoms with E-state index in [1.54, 1.807) is 12.1 Å². The number of carbonyl (C=O) groups is 1. The molecule has 0 fully saturated rings. The molecule has 0 spiro atoms. The number of rotatable bonds is 3. The maximum Gasteiger partial charge on any atom is 0.337 e. The first kappa shape index (κ1) is 15.8. The number of aromatic amines is 1. The number of esters is 1. The monoisotopic (exact) mass is 338 g/mol. The van der Waals surface area contributed by atoms with Crippen LogP contribution in [0.15, 0.2) is 48.5 Å². The number of para-hydroxylation sites is 1. The minimum absolute atomic E-state index is 0.136. The topological polar surface area (TPSA) is 54.1 Å². The molecule has 1 aliphatic rings. The zero-order valence-corrected chi connectivity index (χ0v) is 13.9. The molecule has 128 valence electrons. The van der Waals surface area contributed by atoms with Gasteiger partial charge in [-0.25, -0.2) is 9.18 Å². The van der Waals surface area contributed by atoms with Crippen LogP contribution in [0.4, 0.5) is 4.39 Å². The Balaban J connectivity index is 1.78. The molecule has 2 N–H and O–H groups in total. The van der Waals surface area contributed by atoms with Crippen molar-refractivity contribution >= 4 is 16.9 Å². The van der Waals surface area contributed by atoms with Gasteiger partial charge in [-0.2, -0.15) is 0 Å². The van der Waals surface area contributed by atoms with Gasteiger partial charge in [0.15, 0.2) is 0 Å². The first-order chi connectivity index (χ1) is 12.2. The van der Waals surface area contributed by atoms with Gasteiger partial charge in [0, 0.05) is 22.6 Å². The second kappa shape index (κ2) is 6.33. The van der Waals surface area contributed by atoms with E-state index in [0.29, 0.717) is 12.0 Å². The Kier molecular flexibility index (Phi) is 4.01. The molecule has 2 atom stereocenters. The fraction of sp³-hybridized carbons (Fsp3) is 0.250. The summed E-state index contributed by atoms with van der Waals surface area (Å²) >= 11 is 0. The van der Waals surface area contributed by atoms with Gasteiger partial charge in [0.05, 0.1) is 18.7 Å². The number of alkyl halides is 1. The number of fused-ring (bicyclic) bond motifs is 3. The zero-order valence-electron chi connectivity index (χ0n) is 13.9. The summed E-state index contributed by atoms with van der Waals surface area (Å²) in [6.45, 7) is -0.421. The molecular formula is C20H19FN2O2. The lowest BCUT2D eigenvalue weighted by atomic mass is 9.90. The number of methoxy groups -OCH3 is 1. The largest absolute Gasteiger partial charge is 0.465 e. The molecular weight excluding hydrogens is 319 g/mol. The normalized spacial score (nSPS) is 19.6. The molecule has 0 radical (unpaired) electrons. The van der Waals surface area contributed by atoms with Crippen molar-refractivity contribution in [3.63, 3.8) is 0 Å². The smallest absolute Gasteiger partial charge is 0.337 e. The highest BCUT2D eigenvalue weighted by Gasteiger charge is 2.30. The SMILES string of the molecule is COC(=O)c1ccc([C@@H]2N[C@@H](CF)Cc3c2[nH]c2ccccc32)cc1. The number of carbonyl (C=O) groups excluding carboxylic acids is 1. The van der Waals surface area contributed by atoms with E-state index in [4.69, 9.17) is 4.74 Å². The molecule has 2 heterocycles. The van der Waals surface area contributed by atoms with Crippen molar-refractivity contribution in [1.29, 1.82) is 0 Å². The van der Waals surface area contributed by atoms with Gasteiger partial charge in [0.1, 0.15) is 6.67 Å². The summed E-state index contributed by atoms with van der Waals surface area (Å²) in [5.41, 5.74) is 4.78. The summed E-state index contributed by atoms with van der Waals surface area (Å²) in [7, 11) is 1.36. The van der Waals surface area contributed by atoms with Gasteiger partial charge in [-0.05, 0) is 35.7 Å². The van der Waals surface area contributed by atoms with Crippen LogP contribution in [-0.2, 0) is 11.2 Å². The number of benzene rings is 2. The molecule has 2 aromatic carbocycles. The fourth-order valence-electron chi connectivity index (χ4n) is 3.60. The number of hydrogen-bond acceptors (Lipinski definition) is 3. The Morgan fingerprint density at radius 3 is 2.68 bits per heavy atom. The van der Waals surface area contributed by atoms with Crippen molar-refractivity contribution in [3.8, 4) is 0 Å². The van der Waals surface area contributed by atoms with Crippen LogP contribution in [0.1, 0.15) is 33.2 Å². The van der Waals surface area contributed by atoms with Crippen molar-refractivity contribution in [2.45, 2.75) is 18.5 Å². The van der Waals surface area contributed by atoms with Crippen LogP contribution in [0.3, 0.4) is 0 Å². The minimum Gasteiger partial charge on any atom is -0.465 e. The Morgan fingerprint density at radius 2 is 1.96 bits per heavy atom. The van der Waals surface area contributed by atoms with Crippen molar-refractivity contribution in [3.05, 3.63) is 70.9 Å². The first-order valence-corrected chi connectivity index (χ1v) is 8.31. The Hall–Kier alpha value is -2.66. The molecule has 0 amide bonds. The molecule has 0 aliphatic carbocycles.